The Kier molecular flexibility index (Phi) is 7.49. The zero-order valence-electron chi connectivity index (χ0n) is 11.3. The Labute approximate surface area is 108 Å². The van der Waals surface area contributed by atoms with Gasteiger partial charge in [-0.2, -0.15) is 0 Å². The second-order valence-corrected chi connectivity index (χ2v) is 5.94. The van der Waals surface area contributed by atoms with Crippen LogP contribution in [0.5, 0.6) is 0 Å². The molecule has 0 saturated heterocycles. The first-order valence-corrected chi connectivity index (χ1v) is 7.60. The Hall–Kier alpha value is -1.18. The molecule has 0 bridgehead atoms. The number of hydrogen-bond donors (Lipinski definition) is 0. The molecule has 0 atom stereocenters. The quantitative estimate of drug-likeness (QED) is 0.377. The largest absolute Gasteiger partial charge is 0.607 e. The molecule has 0 aromatic carbocycles. The average molecular weight is 276 g/mol. The van der Waals surface area contributed by atoms with Gasteiger partial charge in [-0.05, 0) is 20.8 Å². The predicted octanol–water partition coefficient (Wildman–Crippen LogP) is 1.22. The summed E-state index contributed by atoms with van der Waals surface area (Å²) >= 11 is 0. The van der Waals surface area contributed by atoms with E-state index in [1.807, 2.05) is 0 Å². The van der Waals surface area contributed by atoms with E-state index in [9.17, 15) is 9.59 Å². The van der Waals surface area contributed by atoms with Crippen LogP contribution in [0.3, 0.4) is 0 Å². The summed E-state index contributed by atoms with van der Waals surface area (Å²) in [6, 6.07) is 0. The van der Waals surface area contributed by atoms with Crippen molar-refractivity contribution in [2.75, 3.05) is 19.4 Å². The SMILES string of the molecule is C=C(C)C(=O)OC[Si](OCC)(OCC)OC(C)=O. The van der Waals surface area contributed by atoms with E-state index >= 15 is 0 Å². The van der Waals surface area contributed by atoms with Gasteiger partial charge in [0.05, 0.1) is 0 Å². The number of esters is 1. The van der Waals surface area contributed by atoms with Crippen molar-refractivity contribution in [1.82, 2.24) is 0 Å². The lowest BCUT2D eigenvalue weighted by atomic mass is 10.4. The fraction of sp³-hybridized carbons (Fsp3) is 0.636. The molecule has 0 fully saturated rings. The lowest BCUT2D eigenvalue weighted by molar-refractivity contribution is -0.143. The Morgan fingerprint density at radius 1 is 1.11 bits per heavy atom. The summed E-state index contributed by atoms with van der Waals surface area (Å²) in [5, 5.41) is 0. The van der Waals surface area contributed by atoms with Gasteiger partial charge in [0.25, 0.3) is 5.97 Å². The zero-order valence-corrected chi connectivity index (χ0v) is 12.3. The topological polar surface area (TPSA) is 71.1 Å². The molecule has 18 heavy (non-hydrogen) atoms. The Balaban J connectivity index is 4.75. The van der Waals surface area contributed by atoms with Gasteiger partial charge in [-0.3, -0.25) is 4.79 Å². The van der Waals surface area contributed by atoms with Crippen LogP contribution in [0.1, 0.15) is 27.7 Å². The second-order valence-electron chi connectivity index (χ2n) is 3.50. The van der Waals surface area contributed by atoms with Crippen LogP contribution >= 0.6 is 0 Å². The van der Waals surface area contributed by atoms with Crippen LogP contribution < -0.4 is 0 Å². The summed E-state index contributed by atoms with van der Waals surface area (Å²) in [5.74, 6) is -1.10. The van der Waals surface area contributed by atoms with Gasteiger partial charge >= 0.3 is 14.8 Å². The van der Waals surface area contributed by atoms with Crippen LogP contribution in [0.2, 0.25) is 0 Å². The van der Waals surface area contributed by atoms with Gasteiger partial charge in [0.2, 0.25) is 0 Å². The first-order valence-electron chi connectivity index (χ1n) is 5.67. The van der Waals surface area contributed by atoms with E-state index in [1.54, 1.807) is 13.8 Å². The highest BCUT2D eigenvalue weighted by atomic mass is 28.4. The number of ether oxygens (including phenoxy) is 1. The summed E-state index contributed by atoms with van der Waals surface area (Å²) in [7, 11) is -3.30. The Morgan fingerprint density at radius 2 is 1.61 bits per heavy atom. The molecular formula is C11H20O6Si. The molecule has 7 heteroatoms. The molecule has 0 heterocycles. The third kappa shape index (κ3) is 5.94. The van der Waals surface area contributed by atoms with Crippen molar-refractivity contribution in [2.24, 2.45) is 0 Å². The fourth-order valence-electron chi connectivity index (χ4n) is 1.15. The van der Waals surface area contributed by atoms with Gasteiger partial charge in [0, 0.05) is 25.7 Å². The van der Waals surface area contributed by atoms with Crippen molar-refractivity contribution >= 4 is 20.7 Å². The molecule has 0 spiro atoms. The van der Waals surface area contributed by atoms with Crippen LogP contribution in [0.25, 0.3) is 0 Å². The molecule has 104 valence electrons. The van der Waals surface area contributed by atoms with Gasteiger partial charge in [0.1, 0.15) is 0 Å². The molecule has 0 aromatic heterocycles. The summed E-state index contributed by atoms with van der Waals surface area (Å²) in [5.41, 5.74) is 0.258. The summed E-state index contributed by atoms with van der Waals surface area (Å²) in [6.07, 6.45) is -0.208. The maximum absolute atomic E-state index is 11.3. The fourth-order valence-corrected chi connectivity index (χ4v) is 3.20. The summed E-state index contributed by atoms with van der Waals surface area (Å²) < 4.78 is 20.8. The summed E-state index contributed by atoms with van der Waals surface area (Å²) in [6.45, 7) is 10.3. The summed E-state index contributed by atoms with van der Waals surface area (Å²) in [4.78, 5) is 22.4. The minimum Gasteiger partial charge on any atom is -0.472 e. The van der Waals surface area contributed by atoms with Crippen molar-refractivity contribution in [3.8, 4) is 0 Å². The molecule has 0 rings (SSSR count). The van der Waals surface area contributed by atoms with Gasteiger partial charge < -0.3 is 18.0 Å². The Morgan fingerprint density at radius 3 is 1.94 bits per heavy atom. The monoisotopic (exact) mass is 276 g/mol. The first-order chi connectivity index (χ1) is 8.37. The molecule has 0 aliphatic carbocycles. The maximum atomic E-state index is 11.3. The molecule has 0 radical (unpaired) electrons. The normalized spacial score (nSPS) is 10.9. The van der Waals surface area contributed by atoms with E-state index < -0.39 is 20.7 Å². The average Bonchev–Trinajstić information content (AvgIpc) is 2.25. The van der Waals surface area contributed by atoms with E-state index in [4.69, 9.17) is 18.0 Å². The molecule has 0 unspecified atom stereocenters. The molecule has 0 N–H and O–H groups in total. The lowest BCUT2D eigenvalue weighted by Crippen LogP contribution is -2.52. The number of carbonyl (C=O) groups excluding carboxylic acids is 2. The van der Waals surface area contributed by atoms with Gasteiger partial charge in [-0.25, -0.2) is 4.79 Å². The third-order valence-corrected chi connectivity index (χ3v) is 4.31. The smallest absolute Gasteiger partial charge is 0.472 e. The Bertz CT molecular complexity index is 309. The van der Waals surface area contributed by atoms with Crippen LogP contribution in [-0.4, -0.2) is 40.2 Å². The zero-order chi connectivity index (χ0) is 14.2. The number of hydrogen-bond acceptors (Lipinski definition) is 6. The highest BCUT2D eigenvalue weighted by Crippen LogP contribution is 2.12. The highest BCUT2D eigenvalue weighted by Gasteiger charge is 2.46. The molecule has 0 saturated carbocycles. The predicted molar refractivity (Wildman–Crippen MR) is 66.5 cm³/mol. The molecule has 6 nitrogen and oxygen atoms in total. The maximum Gasteiger partial charge on any atom is 0.607 e. The molecule has 0 amide bonds. The molecular weight excluding hydrogens is 256 g/mol. The van der Waals surface area contributed by atoms with E-state index in [1.165, 1.54) is 13.8 Å². The van der Waals surface area contributed by atoms with Crippen LogP contribution in [0, 0.1) is 0 Å². The standard InChI is InChI=1S/C11H20O6Si/c1-6-15-18(16-7-2,17-10(5)12)8-14-11(13)9(3)4/h3,6-8H2,1-2,4-5H3. The highest BCUT2D eigenvalue weighted by molar-refractivity contribution is 6.62. The van der Waals surface area contributed by atoms with Gasteiger partial charge in [-0.15, -0.1) is 0 Å². The second kappa shape index (κ2) is 8.01. The molecule has 0 aliphatic heterocycles. The van der Waals surface area contributed by atoms with E-state index in [2.05, 4.69) is 6.58 Å². The van der Waals surface area contributed by atoms with Crippen molar-refractivity contribution < 1.29 is 27.6 Å². The van der Waals surface area contributed by atoms with E-state index in [0.717, 1.165) is 0 Å². The third-order valence-electron chi connectivity index (χ3n) is 1.76. The van der Waals surface area contributed by atoms with Crippen molar-refractivity contribution in [2.45, 2.75) is 27.7 Å². The van der Waals surface area contributed by atoms with Gasteiger partial charge in [0.15, 0.2) is 6.23 Å². The van der Waals surface area contributed by atoms with Crippen molar-refractivity contribution in [3.05, 3.63) is 12.2 Å². The van der Waals surface area contributed by atoms with Gasteiger partial charge in [-0.1, -0.05) is 6.58 Å². The first kappa shape index (κ1) is 16.8. The minimum atomic E-state index is -3.30. The number of rotatable bonds is 8. The van der Waals surface area contributed by atoms with E-state index in [0.29, 0.717) is 13.2 Å². The van der Waals surface area contributed by atoms with Crippen LogP contribution in [0.4, 0.5) is 0 Å². The lowest BCUT2D eigenvalue weighted by Gasteiger charge is -2.26. The van der Waals surface area contributed by atoms with Crippen molar-refractivity contribution in [1.29, 1.82) is 0 Å². The van der Waals surface area contributed by atoms with Crippen LogP contribution in [0.15, 0.2) is 12.2 Å². The molecule has 0 aliphatic rings. The number of carbonyl (C=O) groups is 2. The van der Waals surface area contributed by atoms with Crippen LogP contribution in [-0.2, 0) is 27.6 Å². The van der Waals surface area contributed by atoms with Crippen molar-refractivity contribution in [3.63, 3.8) is 0 Å². The molecule has 0 aromatic rings. The minimum absolute atomic E-state index is 0.208. The van der Waals surface area contributed by atoms with E-state index in [-0.39, 0.29) is 11.8 Å².